The Hall–Kier alpha value is -4.23. The van der Waals surface area contributed by atoms with Crippen LogP contribution in [-0.2, 0) is 14.6 Å². The fourth-order valence-corrected chi connectivity index (χ4v) is 8.68. The number of sulfone groups is 1. The molecule has 1 amide bonds. The van der Waals surface area contributed by atoms with Crippen molar-refractivity contribution in [2.24, 2.45) is 5.92 Å². The Morgan fingerprint density at radius 2 is 1.65 bits per heavy atom. The molecule has 0 spiro atoms. The van der Waals surface area contributed by atoms with E-state index >= 15 is 0 Å². The number of halogens is 1. The molecule has 3 aliphatic heterocycles. The van der Waals surface area contributed by atoms with E-state index in [4.69, 9.17) is 10.5 Å². The Morgan fingerprint density at radius 1 is 0.979 bits per heavy atom. The zero-order valence-electron chi connectivity index (χ0n) is 27.5. The maximum Gasteiger partial charge on any atom is 0.410 e. The number of nitrogens with zero attached hydrogens (tertiary/aromatic N) is 6. The lowest BCUT2D eigenvalue weighted by molar-refractivity contribution is 0.0139. The number of nitrogens with two attached hydrogens (primary N) is 1. The summed E-state index contributed by atoms with van der Waals surface area (Å²) in [5, 5.41) is 0.187. The van der Waals surface area contributed by atoms with Crippen LogP contribution in [0.2, 0.25) is 0 Å². The van der Waals surface area contributed by atoms with Gasteiger partial charge in [0.2, 0.25) is 0 Å². The lowest BCUT2D eigenvalue weighted by atomic mass is 9.96. The summed E-state index contributed by atoms with van der Waals surface area (Å²) >= 11 is 0. The van der Waals surface area contributed by atoms with Crippen LogP contribution < -0.4 is 10.6 Å². The Bertz CT molecular complexity index is 1910. The van der Waals surface area contributed by atoms with Crippen LogP contribution in [0, 0.1) is 11.7 Å². The van der Waals surface area contributed by atoms with Gasteiger partial charge in [-0.25, -0.2) is 27.6 Å². The van der Waals surface area contributed by atoms with Crippen LogP contribution in [0.5, 0.6) is 0 Å². The van der Waals surface area contributed by atoms with Gasteiger partial charge in [0.1, 0.15) is 34.5 Å². The first-order valence-corrected chi connectivity index (χ1v) is 18.1. The summed E-state index contributed by atoms with van der Waals surface area (Å²) in [6, 6.07) is 13.9. The van der Waals surface area contributed by atoms with Gasteiger partial charge in [0.05, 0.1) is 10.3 Å². The molecule has 3 saturated heterocycles. The second-order valence-corrected chi connectivity index (χ2v) is 16.5. The average Bonchev–Trinajstić information content (AvgIpc) is 3.39. The van der Waals surface area contributed by atoms with Gasteiger partial charge in [-0.05, 0) is 75.6 Å². The fourth-order valence-electron chi connectivity index (χ4n) is 7.03. The number of benzene rings is 2. The first-order valence-electron chi connectivity index (χ1n) is 16.5. The summed E-state index contributed by atoms with van der Waals surface area (Å²) in [6.45, 7) is 10.5. The van der Waals surface area contributed by atoms with Crippen molar-refractivity contribution in [3.63, 3.8) is 0 Å². The third-order valence-electron chi connectivity index (χ3n) is 9.69. The highest BCUT2D eigenvalue weighted by Crippen LogP contribution is 2.37. The summed E-state index contributed by atoms with van der Waals surface area (Å²) in [7, 11) is -3.53. The molecule has 13 heteroatoms. The monoisotopic (exact) mass is 675 g/mol. The zero-order chi connectivity index (χ0) is 33.8. The smallest absolute Gasteiger partial charge is 0.410 e. The van der Waals surface area contributed by atoms with Crippen LogP contribution in [-0.4, -0.2) is 95.5 Å². The number of piperidine rings is 1. The third-order valence-corrected chi connectivity index (χ3v) is 11.8. The van der Waals surface area contributed by atoms with Gasteiger partial charge in [0.15, 0.2) is 9.84 Å². The lowest BCUT2D eigenvalue weighted by Crippen LogP contribution is -2.57. The number of amides is 1. The van der Waals surface area contributed by atoms with Gasteiger partial charge < -0.3 is 29.7 Å². The molecule has 7 rings (SSSR count). The van der Waals surface area contributed by atoms with Crippen molar-refractivity contribution in [2.75, 3.05) is 56.4 Å². The highest BCUT2D eigenvalue weighted by molar-refractivity contribution is 7.92. The van der Waals surface area contributed by atoms with Gasteiger partial charge in [-0.2, -0.15) is 0 Å². The number of ether oxygens (including phenoxy) is 1. The molecule has 0 atom stereocenters. The van der Waals surface area contributed by atoms with E-state index < -0.39 is 26.8 Å². The Morgan fingerprint density at radius 3 is 2.29 bits per heavy atom. The molecule has 11 nitrogen and oxygen atoms in total. The van der Waals surface area contributed by atoms with Crippen molar-refractivity contribution in [3.05, 3.63) is 66.9 Å². The summed E-state index contributed by atoms with van der Waals surface area (Å²) in [5.41, 5.74) is 9.31. The van der Waals surface area contributed by atoms with Gasteiger partial charge in [-0.3, -0.25) is 0 Å². The fraction of sp³-hybridized carbons (Fsp3) is 0.457. The van der Waals surface area contributed by atoms with E-state index in [9.17, 15) is 17.6 Å². The molecule has 0 aliphatic carbocycles. The molecule has 0 saturated carbocycles. The van der Waals surface area contributed by atoms with Crippen molar-refractivity contribution in [1.82, 2.24) is 24.3 Å². The van der Waals surface area contributed by atoms with Crippen molar-refractivity contribution < 1.29 is 22.3 Å². The van der Waals surface area contributed by atoms with Gasteiger partial charge in [0.25, 0.3) is 0 Å². The second kappa shape index (κ2) is 12.3. The van der Waals surface area contributed by atoms with E-state index in [0.717, 1.165) is 73.4 Å². The predicted molar refractivity (Wildman–Crippen MR) is 183 cm³/mol. The van der Waals surface area contributed by atoms with Crippen molar-refractivity contribution in [2.45, 2.75) is 55.4 Å². The van der Waals surface area contributed by atoms with Gasteiger partial charge in [-0.1, -0.05) is 12.1 Å². The minimum absolute atomic E-state index is 0.145. The van der Waals surface area contributed by atoms with Gasteiger partial charge >= 0.3 is 6.09 Å². The first-order chi connectivity index (χ1) is 22.9. The number of fused-ring (bicyclic) bond motifs is 1. The van der Waals surface area contributed by atoms with Crippen LogP contribution in [0.3, 0.4) is 0 Å². The van der Waals surface area contributed by atoms with Crippen LogP contribution in [0.1, 0.15) is 39.7 Å². The summed E-state index contributed by atoms with van der Waals surface area (Å²) < 4.78 is 47.5. The molecule has 2 aromatic carbocycles. The number of anilines is 2. The molecule has 3 fully saturated rings. The second-order valence-electron chi connectivity index (χ2n) is 14.3. The van der Waals surface area contributed by atoms with Gasteiger partial charge in [-0.15, -0.1) is 0 Å². The van der Waals surface area contributed by atoms with E-state index in [1.54, 1.807) is 45.0 Å². The summed E-state index contributed by atoms with van der Waals surface area (Å²) in [4.78, 5) is 27.6. The number of likely N-dealkylation sites (tertiary alicyclic amines) is 2. The van der Waals surface area contributed by atoms with Crippen LogP contribution in [0.4, 0.5) is 20.7 Å². The molecular formula is C35H42FN7O4S. The largest absolute Gasteiger partial charge is 0.444 e. The minimum atomic E-state index is -3.53. The normalized spacial score (nSPS) is 18.6. The van der Waals surface area contributed by atoms with Crippen LogP contribution in [0.25, 0.3) is 22.2 Å². The molecule has 0 radical (unpaired) electrons. The maximum atomic E-state index is 13.6. The number of aromatic nitrogens is 3. The van der Waals surface area contributed by atoms with E-state index in [-0.39, 0.29) is 29.8 Å². The summed E-state index contributed by atoms with van der Waals surface area (Å²) in [6.07, 6.45) is 5.09. The topological polar surface area (TPSA) is 127 Å². The zero-order valence-corrected chi connectivity index (χ0v) is 28.4. The van der Waals surface area contributed by atoms with E-state index in [0.29, 0.717) is 11.7 Å². The average molecular weight is 676 g/mol. The van der Waals surface area contributed by atoms with Gasteiger partial charge in [0, 0.05) is 75.2 Å². The molecule has 254 valence electrons. The number of carbonyl (C=O) groups is 1. The van der Waals surface area contributed by atoms with Crippen molar-refractivity contribution in [1.29, 1.82) is 0 Å². The molecule has 48 heavy (non-hydrogen) atoms. The van der Waals surface area contributed by atoms with Crippen LogP contribution >= 0.6 is 0 Å². The highest BCUT2D eigenvalue weighted by atomic mass is 32.2. The SMILES string of the molecule is CC(C)(C)OC(=O)N1CC(S(=O)(=O)c2ccc(N3CC(CN4CCC(n5cc(-c6ccc(F)cc6)c6c(N)ncnc65)CC4)C3)cc2)C1. The van der Waals surface area contributed by atoms with Crippen molar-refractivity contribution in [3.8, 4) is 11.1 Å². The number of rotatable bonds is 7. The van der Waals surface area contributed by atoms with E-state index in [1.165, 1.54) is 23.4 Å². The Kier molecular flexibility index (Phi) is 8.31. The molecular weight excluding hydrogens is 633 g/mol. The minimum Gasteiger partial charge on any atom is -0.444 e. The number of carbonyl (C=O) groups excluding carboxylic acids is 1. The lowest BCUT2D eigenvalue weighted by Gasteiger charge is -2.44. The van der Waals surface area contributed by atoms with E-state index in [1.807, 2.05) is 12.1 Å². The standard InChI is InChI=1S/C35H42FN7O4S/c1-35(2,3)47-34(44)42-19-29(20-42)48(45,46)28-10-8-26(9-11-28)41-17-23(18-41)16-40-14-12-27(13-15-40)43-21-30(24-4-6-25(36)7-5-24)31-32(37)38-22-39-33(31)43/h4-11,21-23,27,29H,12-20H2,1-3H3,(H2,37,38,39). The predicted octanol–water partition coefficient (Wildman–Crippen LogP) is 4.99. The summed E-state index contributed by atoms with van der Waals surface area (Å²) in [5.74, 6) is 0.687. The Labute approximate surface area is 280 Å². The van der Waals surface area contributed by atoms with Crippen LogP contribution in [0.15, 0.2) is 66.0 Å². The molecule has 0 unspecified atom stereocenters. The van der Waals surface area contributed by atoms with E-state index in [2.05, 4.69) is 30.5 Å². The number of hydrogen-bond donors (Lipinski definition) is 1. The number of hydrogen-bond acceptors (Lipinski definition) is 9. The Balaban J connectivity index is 0.906. The number of nitrogen functional groups attached to an aromatic ring is 1. The molecule has 5 heterocycles. The highest BCUT2D eigenvalue weighted by Gasteiger charge is 2.42. The maximum absolute atomic E-state index is 13.6. The van der Waals surface area contributed by atoms with Crippen molar-refractivity contribution >= 4 is 38.5 Å². The molecule has 2 aromatic heterocycles. The molecule has 0 bridgehead atoms. The first kappa shape index (κ1) is 32.3. The molecule has 3 aliphatic rings. The molecule has 4 aromatic rings. The third kappa shape index (κ3) is 6.33. The quantitative estimate of drug-likeness (QED) is 0.289. The molecule has 2 N–H and O–H groups in total.